The summed E-state index contributed by atoms with van der Waals surface area (Å²) in [5.74, 6) is -4.81. The highest BCUT2D eigenvalue weighted by Crippen LogP contribution is 2.31. The SMILES string of the molecule is Oc1ccc(-c2ccc(O)c(F)c2F)c(F)c1. The van der Waals surface area contributed by atoms with Crippen molar-refractivity contribution in [2.45, 2.75) is 0 Å². The van der Waals surface area contributed by atoms with Crippen molar-refractivity contribution in [1.82, 2.24) is 0 Å². The minimum Gasteiger partial charge on any atom is -0.508 e. The Morgan fingerprint density at radius 1 is 0.765 bits per heavy atom. The van der Waals surface area contributed by atoms with E-state index in [9.17, 15) is 13.2 Å². The third kappa shape index (κ3) is 1.91. The van der Waals surface area contributed by atoms with E-state index in [-0.39, 0.29) is 16.9 Å². The van der Waals surface area contributed by atoms with Crippen molar-refractivity contribution in [1.29, 1.82) is 0 Å². The number of hydrogen-bond donors (Lipinski definition) is 2. The Balaban J connectivity index is 2.65. The molecule has 0 spiro atoms. The van der Waals surface area contributed by atoms with Crippen LogP contribution in [0.2, 0.25) is 0 Å². The molecule has 0 atom stereocenters. The van der Waals surface area contributed by atoms with Crippen LogP contribution in [0, 0.1) is 17.5 Å². The minimum absolute atomic E-state index is 0.195. The molecular formula is C12H7F3O2. The molecule has 88 valence electrons. The Morgan fingerprint density at radius 3 is 2.06 bits per heavy atom. The number of hydrogen-bond acceptors (Lipinski definition) is 2. The predicted molar refractivity (Wildman–Crippen MR) is 55.1 cm³/mol. The summed E-state index contributed by atoms with van der Waals surface area (Å²) < 4.78 is 40.0. The summed E-state index contributed by atoms with van der Waals surface area (Å²) in [7, 11) is 0. The molecule has 2 nitrogen and oxygen atoms in total. The number of benzene rings is 2. The molecule has 0 fully saturated rings. The van der Waals surface area contributed by atoms with Gasteiger partial charge in [-0.25, -0.2) is 8.78 Å². The predicted octanol–water partition coefficient (Wildman–Crippen LogP) is 3.18. The smallest absolute Gasteiger partial charge is 0.200 e. The number of phenols is 2. The van der Waals surface area contributed by atoms with Crippen LogP contribution in [0.5, 0.6) is 11.5 Å². The zero-order valence-electron chi connectivity index (χ0n) is 8.42. The van der Waals surface area contributed by atoms with E-state index < -0.39 is 23.2 Å². The van der Waals surface area contributed by atoms with E-state index in [1.54, 1.807) is 0 Å². The molecular weight excluding hydrogens is 233 g/mol. The van der Waals surface area contributed by atoms with Gasteiger partial charge >= 0.3 is 0 Å². The van der Waals surface area contributed by atoms with Crippen LogP contribution in [-0.4, -0.2) is 10.2 Å². The topological polar surface area (TPSA) is 40.5 Å². The molecule has 0 aliphatic carbocycles. The van der Waals surface area contributed by atoms with Crippen molar-refractivity contribution in [2.24, 2.45) is 0 Å². The first-order chi connectivity index (χ1) is 8.00. The first-order valence-corrected chi connectivity index (χ1v) is 4.66. The van der Waals surface area contributed by atoms with Crippen LogP contribution in [0.25, 0.3) is 11.1 Å². The molecule has 5 heteroatoms. The Morgan fingerprint density at radius 2 is 1.41 bits per heavy atom. The lowest BCUT2D eigenvalue weighted by Gasteiger charge is -2.07. The van der Waals surface area contributed by atoms with Crippen molar-refractivity contribution in [2.75, 3.05) is 0 Å². The van der Waals surface area contributed by atoms with E-state index in [1.807, 2.05) is 0 Å². The maximum Gasteiger partial charge on any atom is 0.200 e. The molecule has 0 aromatic heterocycles. The van der Waals surface area contributed by atoms with E-state index in [0.717, 1.165) is 30.3 Å². The fourth-order valence-electron chi connectivity index (χ4n) is 1.47. The molecule has 0 heterocycles. The van der Waals surface area contributed by atoms with Crippen molar-refractivity contribution in [3.8, 4) is 22.6 Å². The summed E-state index contributed by atoms with van der Waals surface area (Å²) in [6.07, 6.45) is 0. The normalized spacial score (nSPS) is 10.5. The fourth-order valence-corrected chi connectivity index (χ4v) is 1.47. The molecule has 0 saturated heterocycles. The van der Waals surface area contributed by atoms with Gasteiger partial charge in [-0.2, -0.15) is 4.39 Å². The van der Waals surface area contributed by atoms with Crippen molar-refractivity contribution in [3.63, 3.8) is 0 Å². The number of phenolic OH excluding ortho intramolecular Hbond substituents is 2. The van der Waals surface area contributed by atoms with Crippen LogP contribution in [0.1, 0.15) is 0 Å². The third-order valence-electron chi connectivity index (χ3n) is 2.30. The van der Waals surface area contributed by atoms with Gasteiger partial charge in [0.15, 0.2) is 11.6 Å². The van der Waals surface area contributed by atoms with Crippen LogP contribution in [0.3, 0.4) is 0 Å². The number of halogens is 3. The van der Waals surface area contributed by atoms with Gasteiger partial charge in [-0.3, -0.25) is 0 Å². The van der Waals surface area contributed by atoms with Gasteiger partial charge in [0, 0.05) is 17.2 Å². The number of rotatable bonds is 1. The third-order valence-corrected chi connectivity index (χ3v) is 2.30. The molecule has 2 N–H and O–H groups in total. The zero-order valence-corrected chi connectivity index (χ0v) is 8.42. The summed E-state index contributed by atoms with van der Waals surface area (Å²) in [5.41, 5.74) is -0.517. The Bertz CT molecular complexity index is 582. The molecule has 0 aliphatic rings. The summed E-state index contributed by atoms with van der Waals surface area (Å²) in [6, 6.07) is 5.06. The fraction of sp³-hybridized carbons (Fsp3) is 0. The van der Waals surface area contributed by atoms with Crippen molar-refractivity contribution >= 4 is 0 Å². The molecule has 0 unspecified atom stereocenters. The van der Waals surface area contributed by atoms with Gasteiger partial charge in [0.2, 0.25) is 5.82 Å². The molecule has 0 aliphatic heterocycles. The lowest BCUT2D eigenvalue weighted by molar-refractivity contribution is 0.408. The Kier molecular flexibility index (Phi) is 2.67. The quantitative estimate of drug-likeness (QED) is 0.803. The summed E-state index contributed by atoms with van der Waals surface area (Å²) in [5, 5.41) is 17.9. The average molecular weight is 240 g/mol. The van der Waals surface area contributed by atoms with Gasteiger partial charge in [-0.15, -0.1) is 0 Å². The van der Waals surface area contributed by atoms with Gasteiger partial charge in [-0.05, 0) is 24.3 Å². The van der Waals surface area contributed by atoms with Crippen molar-refractivity contribution < 1.29 is 23.4 Å². The highest BCUT2D eigenvalue weighted by Gasteiger charge is 2.16. The highest BCUT2D eigenvalue weighted by molar-refractivity contribution is 5.66. The van der Waals surface area contributed by atoms with Gasteiger partial charge in [0.1, 0.15) is 11.6 Å². The second-order valence-electron chi connectivity index (χ2n) is 3.42. The first-order valence-electron chi connectivity index (χ1n) is 4.66. The van der Waals surface area contributed by atoms with Crippen LogP contribution < -0.4 is 0 Å². The second kappa shape index (κ2) is 4.01. The summed E-state index contributed by atoms with van der Waals surface area (Å²) in [4.78, 5) is 0. The molecule has 0 bridgehead atoms. The molecule has 0 amide bonds. The largest absolute Gasteiger partial charge is 0.508 e. The average Bonchev–Trinajstić information content (AvgIpc) is 2.28. The van der Waals surface area contributed by atoms with E-state index in [1.165, 1.54) is 0 Å². The molecule has 17 heavy (non-hydrogen) atoms. The Labute approximate surface area is 94.6 Å². The van der Waals surface area contributed by atoms with Gasteiger partial charge in [-0.1, -0.05) is 0 Å². The number of aromatic hydroxyl groups is 2. The standard InChI is InChI=1S/C12H7F3O2/c13-9-5-6(16)1-2-7(9)8-3-4-10(17)12(15)11(8)14/h1-5,16-17H. The van der Waals surface area contributed by atoms with Crippen LogP contribution in [0.15, 0.2) is 30.3 Å². The molecule has 2 rings (SSSR count). The van der Waals surface area contributed by atoms with Gasteiger partial charge < -0.3 is 10.2 Å². The van der Waals surface area contributed by atoms with Crippen LogP contribution >= 0.6 is 0 Å². The second-order valence-corrected chi connectivity index (χ2v) is 3.42. The summed E-state index contributed by atoms with van der Waals surface area (Å²) >= 11 is 0. The van der Waals surface area contributed by atoms with Gasteiger partial charge in [0.05, 0.1) is 0 Å². The van der Waals surface area contributed by atoms with E-state index in [0.29, 0.717) is 0 Å². The molecule has 0 saturated carbocycles. The Hall–Kier alpha value is -2.17. The van der Waals surface area contributed by atoms with E-state index in [2.05, 4.69) is 0 Å². The van der Waals surface area contributed by atoms with Crippen molar-refractivity contribution in [3.05, 3.63) is 47.8 Å². The highest BCUT2D eigenvalue weighted by atomic mass is 19.2. The molecule has 0 radical (unpaired) electrons. The van der Waals surface area contributed by atoms with E-state index >= 15 is 0 Å². The lowest BCUT2D eigenvalue weighted by atomic mass is 10.0. The monoisotopic (exact) mass is 240 g/mol. The molecule has 2 aromatic rings. The van der Waals surface area contributed by atoms with E-state index in [4.69, 9.17) is 10.2 Å². The van der Waals surface area contributed by atoms with Crippen LogP contribution in [-0.2, 0) is 0 Å². The van der Waals surface area contributed by atoms with Crippen LogP contribution in [0.4, 0.5) is 13.2 Å². The first kappa shape index (κ1) is 11.3. The lowest BCUT2D eigenvalue weighted by Crippen LogP contribution is -1.92. The molecule has 2 aromatic carbocycles. The maximum absolute atomic E-state index is 13.5. The zero-order chi connectivity index (χ0) is 12.6. The summed E-state index contributed by atoms with van der Waals surface area (Å²) in [6.45, 7) is 0. The van der Waals surface area contributed by atoms with Gasteiger partial charge in [0.25, 0.3) is 0 Å². The maximum atomic E-state index is 13.5. The minimum atomic E-state index is -1.44.